The van der Waals surface area contributed by atoms with Gasteiger partial charge in [0, 0.05) is 26.3 Å². The summed E-state index contributed by atoms with van der Waals surface area (Å²) in [6.45, 7) is 1.78. The normalized spacial score (nSPS) is 11.1. The Kier molecular flexibility index (Phi) is 6.80. The summed E-state index contributed by atoms with van der Waals surface area (Å²) in [5.74, 6) is -0.571. The molecule has 0 aliphatic heterocycles. The van der Waals surface area contributed by atoms with Gasteiger partial charge in [0.2, 0.25) is 0 Å². The molecule has 0 fully saturated rings. The molecule has 3 rings (SSSR count). The molecule has 0 atom stereocenters. The Morgan fingerprint density at radius 3 is 2.24 bits per heavy atom. The first kappa shape index (κ1) is 20.8. The number of hydrogen-bond acceptors (Lipinski definition) is 3. The molecule has 0 bridgehead atoms. The molecule has 0 unspecified atom stereocenters. The SMILES string of the molecule is C/C(=N/NC(=O)c1cccc(Br)c1)c1cccc(NC(=O)c2cccc(Cl)c2)c1. The van der Waals surface area contributed by atoms with Gasteiger partial charge in [0.15, 0.2) is 0 Å². The minimum Gasteiger partial charge on any atom is -0.322 e. The van der Waals surface area contributed by atoms with Gasteiger partial charge < -0.3 is 5.32 Å². The van der Waals surface area contributed by atoms with E-state index in [9.17, 15) is 9.59 Å². The minimum absolute atomic E-state index is 0.262. The molecule has 0 saturated carbocycles. The topological polar surface area (TPSA) is 70.6 Å². The van der Waals surface area contributed by atoms with Gasteiger partial charge in [-0.3, -0.25) is 9.59 Å². The number of carbonyl (C=O) groups excluding carboxylic acids is 2. The van der Waals surface area contributed by atoms with Crippen LogP contribution in [0.3, 0.4) is 0 Å². The number of halogens is 2. The number of hydrazone groups is 1. The van der Waals surface area contributed by atoms with E-state index in [4.69, 9.17) is 11.6 Å². The van der Waals surface area contributed by atoms with Gasteiger partial charge in [-0.25, -0.2) is 5.43 Å². The largest absolute Gasteiger partial charge is 0.322 e. The summed E-state index contributed by atoms with van der Waals surface area (Å²) in [5, 5.41) is 7.49. The molecule has 146 valence electrons. The molecule has 0 aliphatic rings. The third-order valence-electron chi connectivity index (χ3n) is 4.04. The zero-order valence-corrected chi connectivity index (χ0v) is 17.8. The highest BCUT2D eigenvalue weighted by Gasteiger charge is 2.09. The van der Waals surface area contributed by atoms with Crippen LogP contribution < -0.4 is 10.7 Å². The van der Waals surface area contributed by atoms with Crippen molar-refractivity contribution in [3.63, 3.8) is 0 Å². The monoisotopic (exact) mass is 469 g/mol. The second-order valence-electron chi connectivity index (χ2n) is 6.19. The molecule has 3 aromatic rings. The lowest BCUT2D eigenvalue weighted by molar-refractivity contribution is 0.0954. The number of nitrogens with one attached hydrogen (secondary N) is 2. The standard InChI is InChI=1S/C22H17BrClN3O2/c1-14(26-27-22(29)16-6-2-8-18(23)11-16)15-5-4-10-20(13-15)25-21(28)17-7-3-9-19(24)12-17/h2-13H,1H3,(H,25,28)(H,27,29)/b26-14-. The second kappa shape index (κ2) is 9.49. The summed E-state index contributed by atoms with van der Waals surface area (Å²) >= 11 is 9.28. The van der Waals surface area contributed by atoms with Crippen molar-refractivity contribution < 1.29 is 9.59 Å². The summed E-state index contributed by atoms with van der Waals surface area (Å²) < 4.78 is 0.814. The maximum absolute atomic E-state index is 12.4. The van der Waals surface area contributed by atoms with Crippen molar-refractivity contribution in [1.82, 2.24) is 5.43 Å². The number of hydrogen-bond donors (Lipinski definition) is 2. The number of nitrogens with zero attached hydrogens (tertiary/aromatic N) is 1. The van der Waals surface area contributed by atoms with Crippen LogP contribution in [0.15, 0.2) is 82.4 Å². The minimum atomic E-state index is -0.309. The van der Waals surface area contributed by atoms with Gasteiger partial charge in [-0.15, -0.1) is 0 Å². The maximum atomic E-state index is 12.4. The molecule has 2 amide bonds. The van der Waals surface area contributed by atoms with Crippen LogP contribution in [0.4, 0.5) is 5.69 Å². The van der Waals surface area contributed by atoms with E-state index < -0.39 is 0 Å². The molecule has 0 heterocycles. The van der Waals surface area contributed by atoms with E-state index >= 15 is 0 Å². The van der Waals surface area contributed by atoms with Crippen molar-refractivity contribution >= 4 is 50.7 Å². The van der Waals surface area contributed by atoms with E-state index in [1.54, 1.807) is 67.6 Å². The van der Waals surface area contributed by atoms with Crippen molar-refractivity contribution in [3.05, 3.63) is 99.0 Å². The number of benzene rings is 3. The van der Waals surface area contributed by atoms with Crippen LogP contribution in [0.5, 0.6) is 0 Å². The fourth-order valence-corrected chi connectivity index (χ4v) is 3.14. The quantitative estimate of drug-likeness (QED) is 0.381. The zero-order chi connectivity index (χ0) is 20.8. The molecule has 0 spiro atoms. The lowest BCUT2D eigenvalue weighted by Crippen LogP contribution is -2.19. The Labute approximate surface area is 181 Å². The summed E-state index contributed by atoms with van der Waals surface area (Å²) in [6, 6.07) is 21.0. The molecule has 7 heteroatoms. The van der Waals surface area contributed by atoms with Crippen LogP contribution >= 0.6 is 27.5 Å². The molecule has 0 aliphatic carbocycles. The molecule has 0 radical (unpaired) electrons. The van der Waals surface area contributed by atoms with E-state index in [1.807, 2.05) is 12.1 Å². The molecule has 3 aromatic carbocycles. The highest BCUT2D eigenvalue weighted by atomic mass is 79.9. The van der Waals surface area contributed by atoms with Crippen LogP contribution in [-0.2, 0) is 0 Å². The van der Waals surface area contributed by atoms with Crippen LogP contribution in [0.1, 0.15) is 33.2 Å². The predicted octanol–water partition coefficient (Wildman–Crippen LogP) is 5.51. The van der Waals surface area contributed by atoms with Gasteiger partial charge in [-0.2, -0.15) is 5.10 Å². The number of amides is 2. The average molecular weight is 471 g/mol. The van der Waals surface area contributed by atoms with E-state index in [2.05, 4.69) is 31.8 Å². The first-order valence-corrected chi connectivity index (χ1v) is 9.87. The summed E-state index contributed by atoms with van der Waals surface area (Å²) in [6.07, 6.45) is 0. The first-order chi connectivity index (χ1) is 13.9. The molecule has 5 nitrogen and oxygen atoms in total. The Balaban J connectivity index is 1.70. The third kappa shape index (κ3) is 5.76. The second-order valence-corrected chi connectivity index (χ2v) is 7.55. The molecule has 0 aromatic heterocycles. The fourth-order valence-electron chi connectivity index (χ4n) is 2.55. The lowest BCUT2D eigenvalue weighted by atomic mass is 10.1. The summed E-state index contributed by atoms with van der Waals surface area (Å²) in [4.78, 5) is 24.6. The van der Waals surface area contributed by atoms with E-state index in [-0.39, 0.29) is 11.8 Å². The van der Waals surface area contributed by atoms with Gasteiger partial charge in [0.1, 0.15) is 0 Å². The van der Waals surface area contributed by atoms with E-state index in [0.717, 1.165) is 10.0 Å². The van der Waals surface area contributed by atoms with Gasteiger partial charge in [-0.1, -0.05) is 51.8 Å². The summed E-state index contributed by atoms with van der Waals surface area (Å²) in [7, 11) is 0. The average Bonchev–Trinajstić information content (AvgIpc) is 2.72. The van der Waals surface area contributed by atoms with Crippen molar-refractivity contribution in [3.8, 4) is 0 Å². The number of anilines is 1. The van der Waals surface area contributed by atoms with Crippen molar-refractivity contribution in [2.24, 2.45) is 5.10 Å². The van der Waals surface area contributed by atoms with Gasteiger partial charge in [-0.05, 0) is 61.0 Å². The smallest absolute Gasteiger partial charge is 0.271 e. The van der Waals surface area contributed by atoms with Gasteiger partial charge in [0.05, 0.1) is 5.71 Å². The lowest BCUT2D eigenvalue weighted by Gasteiger charge is -2.08. The summed E-state index contributed by atoms with van der Waals surface area (Å²) in [5.41, 5.74) is 5.49. The van der Waals surface area contributed by atoms with E-state index in [1.165, 1.54) is 0 Å². The zero-order valence-electron chi connectivity index (χ0n) is 15.4. The fraction of sp³-hybridized carbons (Fsp3) is 0.0455. The highest BCUT2D eigenvalue weighted by Crippen LogP contribution is 2.16. The Morgan fingerprint density at radius 1 is 0.862 bits per heavy atom. The van der Waals surface area contributed by atoms with Crippen LogP contribution in [0.25, 0.3) is 0 Å². The third-order valence-corrected chi connectivity index (χ3v) is 4.77. The van der Waals surface area contributed by atoms with Crippen molar-refractivity contribution in [2.75, 3.05) is 5.32 Å². The Hall–Kier alpha value is -2.96. The van der Waals surface area contributed by atoms with Crippen molar-refractivity contribution in [1.29, 1.82) is 0 Å². The van der Waals surface area contributed by atoms with E-state index in [0.29, 0.717) is 27.5 Å². The maximum Gasteiger partial charge on any atom is 0.271 e. The highest BCUT2D eigenvalue weighted by molar-refractivity contribution is 9.10. The van der Waals surface area contributed by atoms with Crippen LogP contribution in [0.2, 0.25) is 5.02 Å². The van der Waals surface area contributed by atoms with Crippen LogP contribution in [-0.4, -0.2) is 17.5 Å². The van der Waals surface area contributed by atoms with Crippen molar-refractivity contribution in [2.45, 2.75) is 6.92 Å². The number of carbonyl (C=O) groups is 2. The molecular formula is C22H17BrClN3O2. The van der Waals surface area contributed by atoms with Crippen LogP contribution in [0, 0.1) is 0 Å². The molecular weight excluding hydrogens is 454 g/mol. The van der Waals surface area contributed by atoms with Gasteiger partial charge >= 0.3 is 0 Å². The predicted molar refractivity (Wildman–Crippen MR) is 120 cm³/mol. The molecule has 29 heavy (non-hydrogen) atoms. The first-order valence-electron chi connectivity index (χ1n) is 8.70. The van der Waals surface area contributed by atoms with Gasteiger partial charge in [0.25, 0.3) is 11.8 Å². The molecule has 2 N–H and O–H groups in total. The Bertz CT molecular complexity index is 1100. The Morgan fingerprint density at radius 2 is 1.52 bits per heavy atom. The number of rotatable bonds is 5. The molecule has 0 saturated heterocycles.